The molecule has 0 rings (SSSR count). The van der Waals surface area contributed by atoms with Crippen molar-refractivity contribution in [2.24, 2.45) is 0 Å². The van der Waals surface area contributed by atoms with Crippen LogP contribution in [-0.2, 0) is 54.9 Å². The molecule has 2 atom stereocenters. The maximum atomic E-state index is 9.28. The van der Waals surface area contributed by atoms with Gasteiger partial charge in [0.05, 0.1) is 0 Å². The van der Waals surface area contributed by atoms with Crippen molar-refractivity contribution in [2.75, 3.05) is 0 Å². The summed E-state index contributed by atoms with van der Waals surface area (Å²) in [5.74, 6) is 0. The largest absolute Gasteiger partial charge is 2.00 e. The minimum absolute atomic E-state index is 0. The molecule has 0 aromatic carbocycles. The Morgan fingerprint density at radius 3 is 0.941 bits per heavy atom. The summed E-state index contributed by atoms with van der Waals surface area (Å²) in [6.07, 6.45) is 0. The first-order valence-electron chi connectivity index (χ1n) is 2.43. The Hall–Kier alpha value is 0.379. The van der Waals surface area contributed by atoms with Gasteiger partial charge in [-0.2, -0.15) is 0 Å². The molecule has 0 spiro atoms. The number of hydrogen-bond acceptors (Lipinski definition) is 12. The monoisotopic (exact) mass is 374 g/mol. The quantitative estimate of drug-likeness (QED) is 0.208. The van der Waals surface area contributed by atoms with Crippen molar-refractivity contribution < 1.29 is 69.9 Å². The van der Waals surface area contributed by atoms with Gasteiger partial charge < -0.3 is 18.9 Å². The fourth-order valence-electron chi connectivity index (χ4n) is 0.149. The second-order valence-corrected chi connectivity index (χ2v) is 5.13. The van der Waals surface area contributed by atoms with Crippen LogP contribution in [0.5, 0.6) is 0 Å². The third-order valence-corrected chi connectivity index (χ3v) is 2.74. The summed E-state index contributed by atoms with van der Waals surface area (Å²) < 4.78 is 79.8. The van der Waals surface area contributed by atoms with E-state index >= 15 is 0 Å². The molecule has 0 saturated heterocycles. The van der Waals surface area contributed by atoms with E-state index in [4.69, 9.17) is 0 Å². The first-order chi connectivity index (χ1) is 6.83. The summed E-state index contributed by atoms with van der Waals surface area (Å²) in [4.78, 5) is 18.5. The van der Waals surface area contributed by atoms with Gasteiger partial charge in [0.25, 0.3) is 20.8 Å². The van der Waals surface area contributed by atoms with Gasteiger partial charge in [-0.05, 0) is 17.1 Å². The Balaban J connectivity index is -0.000000218. The first kappa shape index (κ1) is 22.6. The van der Waals surface area contributed by atoms with Gasteiger partial charge in [-0.25, -0.2) is 16.8 Å². The molecule has 102 valence electrons. The first-order valence-corrected chi connectivity index (χ1v) is 7.29. The van der Waals surface area contributed by atoms with Crippen molar-refractivity contribution in [1.82, 2.24) is 0 Å². The zero-order chi connectivity index (χ0) is 13.6. The van der Waals surface area contributed by atoms with E-state index in [1.807, 2.05) is 0 Å². The smallest absolute Gasteiger partial charge is 0.722 e. The van der Waals surface area contributed by atoms with Gasteiger partial charge in [-0.1, -0.05) is 0 Å². The van der Waals surface area contributed by atoms with Crippen LogP contribution in [0.2, 0.25) is 0 Å². The maximum Gasteiger partial charge on any atom is 2.00 e. The van der Waals surface area contributed by atoms with Crippen LogP contribution in [0, 0.1) is 0 Å². The molecule has 0 aliphatic rings. The summed E-state index contributed by atoms with van der Waals surface area (Å²) in [5.41, 5.74) is 0. The molecule has 0 aromatic rings. The normalized spacial score (nSPS) is 12.7. The second kappa shape index (κ2) is 9.33. The van der Waals surface area contributed by atoms with E-state index < -0.39 is 37.3 Å². The molecule has 0 N–H and O–H groups in total. The molecule has 2 unspecified atom stereocenters. The topological polar surface area (TPSA) is 213 Å². The predicted octanol–water partition coefficient (Wildman–Crippen LogP) is -3.04. The molecule has 17 heteroatoms. The van der Waals surface area contributed by atoms with E-state index in [1.165, 1.54) is 0 Å². The van der Waals surface area contributed by atoms with Crippen LogP contribution >= 0.6 is 16.5 Å². The third kappa shape index (κ3) is 31.4. The molecule has 0 heterocycles. The van der Waals surface area contributed by atoms with Crippen LogP contribution in [0.4, 0.5) is 0 Å². The van der Waals surface area contributed by atoms with Gasteiger partial charge in [0.1, 0.15) is 0 Å². The van der Waals surface area contributed by atoms with Crippen molar-refractivity contribution in [2.45, 2.75) is 0 Å². The van der Waals surface area contributed by atoms with E-state index in [9.17, 15) is 44.9 Å². The van der Waals surface area contributed by atoms with Gasteiger partial charge in [0, 0.05) is 0 Å². The van der Waals surface area contributed by atoms with Crippen molar-refractivity contribution >= 4 is 37.3 Å². The molecule has 12 nitrogen and oxygen atoms in total. The molecule has 0 aliphatic carbocycles. The Morgan fingerprint density at radius 1 is 0.765 bits per heavy atom. The third-order valence-electron chi connectivity index (χ3n) is 0.304. The molecule has 0 fully saturated rings. The molecule has 0 bridgehead atoms. The zero-order valence-corrected chi connectivity index (χ0v) is 11.5. The van der Waals surface area contributed by atoms with Gasteiger partial charge in [-0.15, -0.1) is 0 Å². The van der Waals surface area contributed by atoms with Gasteiger partial charge in [0.2, 0.25) is 0 Å². The summed E-state index contributed by atoms with van der Waals surface area (Å²) in [6.45, 7) is 0. The zero-order valence-electron chi connectivity index (χ0n) is 6.96. The fourth-order valence-corrected chi connectivity index (χ4v) is 1.34. The van der Waals surface area contributed by atoms with Crippen LogP contribution in [-0.4, -0.2) is 25.9 Å². The van der Waals surface area contributed by atoms with Gasteiger partial charge >= 0.3 is 33.6 Å². The van der Waals surface area contributed by atoms with Crippen LogP contribution in [0.3, 0.4) is 0 Å². The molecule has 0 amide bonds. The van der Waals surface area contributed by atoms with E-state index in [-0.39, 0.29) is 17.1 Å². The van der Waals surface area contributed by atoms with E-state index in [0.29, 0.717) is 0 Å². The van der Waals surface area contributed by atoms with Crippen LogP contribution in [0.1, 0.15) is 0 Å². The minimum atomic E-state index is -5.07. The van der Waals surface area contributed by atoms with Gasteiger partial charge in [0.15, 0.2) is 0 Å². The maximum absolute atomic E-state index is 9.28. The van der Waals surface area contributed by atoms with Crippen molar-refractivity contribution in [1.29, 1.82) is 0 Å². The average Bonchev–Trinajstić information content (AvgIpc) is 1.72. The second-order valence-electron chi connectivity index (χ2n) is 1.41. The Labute approximate surface area is 107 Å². The Bertz CT molecular complexity index is 399. The fraction of sp³-hybridized carbons (Fsp3) is 0. The van der Waals surface area contributed by atoms with E-state index in [0.717, 1.165) is 0 Å². The summed E-state index contributed by atoms with van der Waals surface area (Å²) in [6, 6.07) is 0. The molecule has 17 heavy (non-hydrogen) atoms. The number of rotatable bonds is 4. The van der Waals surface area contributed by atoms with Crippen LogP contribution in [0.25, 0.3) is 0 Å². The molecule has 0 radical (unpaired) electrons. The standard InChI is InChI=1S/Fe.2HO6PS/c;2*1-7(2)6-8(3,4)5/h;2*(H,3,4,5)/q+2;;/p-2. The average molecular weight is 374 g/mol. The molecule has 0 saturated carbocycles. The molecular formula is FeO12P2S2. The summed E-state index contributed by atoms with van der Waals surface area (Å²) in [5, 5.41) is 0. The number of hydrogen-bond donors (Lipinski definition) is 0. The predicted molar refractivity (Wildman–Crippen MR) is 36.8 cm³/mol. The SMILES string of the molecule is O=[P+]([O-])OS(=O)(=O)[O-].O=[P+]([O-])OS(=O)(=O)[O-].[Fe+2]. The minimum Gasteiger partial charge on any atom is -0.722 e. The van der Waals surface area contributed by atoms with Crippen molar-refractivity contribution in [3.05, 3.63) is 0 Å². The van der Waals surface area contributed by atoms with E-state index in [2.05, 4.69) is 7.94 Å². The molecule has 0 aromatic heterocycles. The van der Waals surface area contributed by atoms with E-state index in [1.54, 1.807) is 0 Å². The molecule has 0 aliphatic heterocycles. The Morgan fingerprint density at radius 2 is 0.941 bits per heavy atom. The Kier molecular flexibility index (Phi) is 12.4. The van der Waals surface area contributed by atoms with Crippen molar-refractivity contribution in [3.63, 3.8) is 0 Å². The summed E-state index contributed by atoms with van der Waals surface area (Å²) >= 11 is 0. The summed E-state index contributed by atoms with van der Waals surface area (Å²) in [7, 11) is -17.3. The molecular weight excluding hydrogens is 374 g/mol. The van der Waals surface area contributed by atoms with Crippen LogP contribution < -0.4 is 9.79 Å². The van der Waals surface area contributed by atoms with Crippen LogP contribution in [0.15, 0.2) is 0 Å². The van der Waals surface area contributed by atoms with Gasteiger partial charge in [-0.3, -0.25) is 0 Å². The van der Waals surface area contributed by atoms with Crippen molar-refractivity contribution in [3.8, 4) is 0 Å².